The van der Waals surface area contributed by atoms with E-state index in [-0.39, 0.29) is 12.5 Å². The van der Waals surface area contributed by atoms with E-state index in [1.165, 1.54) is 0 Å². The van der Waals surface area contributed by atoms with Crippen LogP contribution in [0.5, 0.6) is 0 Å². The van der Waals surface area contributed by atoms with Crippen LogP contribution in [0, 0.1) is 5.92 Å². The first-order chi connectivity index (χ1) is 13.0. The molecule has 2 atom stereocenters. The number of carbonyl (C=O) groups is 2. The number of anilines is 1. The zero-order valence-corrected chi connectivity index (χ0v) is 16.4. The number of carbonyl (C=O) groups excluding carboxylic acids is 2. The van der Waals surface area contributed by atoms with E-state index in [2.05, 4.69) is 0 Å². The van der Waals surface area contributed by atoms with Gasteiger partial charge in [0, 0.05) is 22.5 Å². The van der Waals surface area contributed by atoms with Crippen molar-refractivity contribution in [1.29, 1.82) is 0 Å². The first kappa shape index (κ1) is 18.3. The summed E-state index contributed by atoms with van der Waals surface area (Å²) in [5.74, 6) is -2.18. The van der Waals surface area contributed by atoms with Crippen LogP contribution in [0.25, 0.3) is 0 Å². The molecule has 0 radical (unpaired) electrons. The maximum atomic E-state index is 13.3. The van der Waals surface area contributed by atoms with Gasteiger partial charge in [0.25, 0.3) is 0 Å². The molecular formula is C21H19Cl2NO3. The number of benzene rings is 2. The van der Waals surface area contributed by atoms with Crippen LogP contribution < -0.4 is 4.90 Å². The Bertz CT molecular complexity index is 928. The number of halogens is 2. The monoisotopic (exact) mass is 403 g/mol. The Balaban J connectivity index is 1.96. The minimum Gasteiger partial charge on any atom is -0.465 e. The number of hydrogen-bond donors (Lipinski definition) is 0. The van der Waals surface area contributed by atoms with Crippen molar-refractivity contribution >= 4 is 40.8 Å². The second-order valence-electron chi connectivity index (χ2n) is 6.82. The summed E-state index contributed by atoms with van der Waals surface area (Å²) < 4.78 is 5.27. The molecule has 0 saturated carbocycles. The highest BCUT2D eigenvalue weighted by molar-refractivity contribution is 6.35. The molecule has 0 fully saturated rings. The van der Waals surface area contributed by atoms with Crippen molar-refractivity contribution in [3.63, 3.8) is 0 Å². The fourth-order valence-corrected chi connectivity index (χ4v) is 4.74. The summed E-state index contributed by atoms with van der Waals surface area (Å²) in [6.45, 7) is 2.57. The van der Waals surface area contributed by atoms with Gasteiger partial charge in [-0.05, 0) is 48.6 Å². The molecule has 2 aromatic carbocycles. The molecule has 0 saturated heterocycles. The average Bonchev–Trinajstić information content (AvgIpc) is 2.65. The number of hydrogen-bond acceptors (Lipinski definition) is 3. The van der Waals surface area contributed by atoms with Crippen molar-refractivity contribution in [3.05, 3.63) is 63.1 Å². The first-order valence-corrected chi connectivity index (χ1v) is 9.83. The maximum absolute atomic E-state index is 13.3. The van der Waals surface area contributed by atoms with Crippen molar-refractivity contribution in [2.24, 2.45) is 5.92 Å². The predicted octanol–water partition coefficient (Wildman–Crippen LogP) is 4.60. The van der Waals surface area contributed by atoms with Crippen LogP contribution in [-0.2, 0) is 20.7 Å². The Labute approximate surface area is 168 Å². The molecule has 2 unspecified atom stereocenters. The van der Waals surface area contributed by atoms with Gasteiger partial charge in [-0.1, -0.05) is 47.5 Å². The summed E-state index contributed by atoms with van der Waals surface area (Å²) in [4.78, 5) is 27.9. The quantitative estimate of drug-likeness (QED) is 0.555. The predicted molar refractivity (Wildman–Crippen MR) is 106 cm³/mol. The molecule has 0 aromatic heterocycles. The second kappa shape index (κ2) is 7.17. The lowest BCUT2D eigenvalue weighted by molar-refractivity contribution is -0.152. The van der Waals surface area contributed by atoms with Gasteiger partial charge in [0.05, 0.1) is 12.3 Å². The highest BCUT2D eigenvalue weighted by atomic mass is 35.5. The fraction of sp³-hybridized carbons (Fsp3) is 0.333. The van der Waals surface area contributed by atoms with E-state index >= 15 is 0 Å². The summed E-state index contributed by atoms with van der Waals surface area (Å²) in [6.07, 6.45) is 1.79. The summed E-state index contributed by atoms with van der Waals surface area (Å²) in [5.41, 5.74) is 3.70. The van der Waals surface area contributed by atoms with Crippen LogP contribution in [0.15, 0.2) is 36.4 Å². The van der Waals surface area contributed by atoms with Crippen LogP contribution in [-0.4, -0.2) is 25.0 Å². The van der Waals surface area contributed by atoms with Gasteiger partial charge in [0.2, 0.25) is 5.91 Å². The van der Waals surface area contributed by atoms with Crippen LogP contribution >= 0.6 is 23.2 Å². The molecule has 2 aromatic rings. The number of aryl methyl sites for hydroxylation is 1. The van der Waals surface area contributed by atoms with E-state index < -0.39 is 17.8 Å². The standard InChI is InChI=1S/C21H19Cl2NO3/c1-2-27-21(26)18-17(14-9-8-13(22)11-16(14)23)15-7-3-5-12-6-4-10-24(19(12)15)20(18)25/h3,5,7-9,11,17-18H,2,4,6,10H2,1H3. The van der Waals surface area contributed by atoms with Gasteiger partial charge >= 0.3 is 5.97 Å². The minimum atomic E-state index is -0.954. The largest absolute Gasteiger partial charge is 0.465 e. The van der Waals surface area contributed by atoms with Crippen LogP contribution in [0.1, 0.15) is 36.0 Å². The van der Waals surface area contributed by atoms with Gasteiger partial charge in [0.15, 0.2) is 0 Å². The zero-order chi connectivity index (χ0) is 19.1. The highest BCUT2D eigenvalue weighted by Crippen LogP contribution is 2.48. The molecule has 2 aliphatic heterocycles. The normalized spacial score (nSPS) is 21.0. The van der Waals surface area contributed by atoms with E-state index in [9.17, 15) is 9.59 Å². The number of nitrogens with zero attached hydrogens (tertiary/aromatic N) is 1. The number of amides is 1. The van der Waals surface area contributed by atoms with Crippen LogP contribution in [0.2, 0.25) is 10.0 Å². The summed E-state index contributed by atoms with van der Waals surface area (Å²) >= 11 is 12.5. The van der Waals surface area contributed by atoms with Gasteiger partial charge in [-0.15, -0.1) is 0 Å². The van der Waals surface area contributed by atoms with Crippen LogP contribution in [0.3, 0.4) is 0 Å². The number of esters is 1. The van der Waals surface area contributed by atoms with Crippen molar-refractivity contribution in [2.45, 2.75) is 25.7 Å². The summed E-state index contributed by atoms with van der Waals surface area (Å²) in [6, 6.07) is 11.2. The summed E-state index contributed by atoms with van der Waals surface area (Å²) in [7, 11) is 0. The highest BCUT2D eigenvalue weighted by Gasteiger charge is 2.48. The van der Waals surface area contributed by atoms with E-state index in [1.807, 2.05) is 18.2 Å². The third kappa shape index (κ3) is 3.01. The Morgan fingerprint density at radius 2 is 2.04 bits per heavy atom. The van der Waals surface area contributed by atoms with E-state index in [4.69, 9.17) is 27.9 Å². The average molecular weight is 404 g/mol. The van der Waals surface area contributed by atoms with Crippen molar-refractivity contribution in [2.75, 3.05) is 18.1 Å². The molecule has 0 N–H and O–H groups in total. The van der Waals surface area contributed by atoms with Crippen LogP contribution in [0.4, 0.5) is 5.69 Å². The van der Waals surface area contributed by atoms with Gasteiger partial charge in [-0.25, -0.2) is 0 Å². The molecule has 4 nitrogen and oxygen atoms in total. The molecular weight excluding hydrogens is 385 g/mol. The SMILES string of the molecule is CCOC(=O)C1C(=O)N2CCCc3cccc(c32)C1c1ccc(Cl)cc1Cl. The smallest absolute Gasteiger partial charge is 0.319 e. The number of ether oxygens (including phenoxy) is 1. The molecule has 4 rings (SSSR count). The summed E-state index contributed by atoms with van der Waals surface area (Å²) in [5, 5.41) is 0.951. The molecule has 2 heterocycles. The van der Waals surface area contributed by atoms with E-state index in [1.54, 1.807) is 30.0 Å². The number of para-hydroxylation sites is 1. The van der Waals surface area contributed by atoms with Gasteiger partial charge in [-0.3, -0.25) is 9.59 Å². The van der Waals surface area contributed by atoms with E-state index in [0.29, 0.717) is 22.2 Å². The van der Waals surface area contributed by atoms with Gasteiger partial charge in [0.1, 0.15) is 5.92 Å². The Morgan fingerprint density at radius 3 is 2.78 bits per heavy atom. The molecule has 0 bridgehead atoms. The Morgan fingerprint density at radius 1 is 1.22 bits per heavy atom. The molecule has 27 heavy (non-hydrogen) atoms. The van der Waals surface area contributed by atoms with Gasteiger partial charge < -0.3 is 9.64 Å². The molecule has 0 spiro atoms. The molecule has 2 aliphatic rings. The van der Waals surface area contributed by atoms with E-state index in [0.717, 1.165) is 29.7 Å². The van der Waals surface area contributed by atoms with Crippen molar-refractivity contribution in [1.82, 2.24) is 0 Å². The van der Waals surface area contributed by atoms with Gasteiger partial charge in [-0.2, -0.15) is 0 Å². The topological polar surface area (TPSA) is 46.6 Å². The second-order valence-corrected chi connectivity index (χ2v) is 7.67. The lowest BCUT2D eigenvalue weighted by atomic mass is 9.74. The Hall–Kier alpha value is -2.04. The third-order valence-corrected chi connectivity index (χ3v) is 5.85. The lowest BCUT2D eigenvalue weighted by Gasteiger charge is -2.42. The molecule has 140 valence electrons. The zero-order valence-electron chi connectivity index (χ0n) is 14.9. The maximum Gasteiger partial charge on any atom is 0.319 e. The fourth-order valence-electron chi connectivity index (χ4n) is 4.21. The lowest BCUT2D eigenvalue weighted by Crippen LogP contribution is -2.49. The van der Waals surface area contributed by atoms with Crippen molar-refractivity contribution < 1.29 is 14.3 Å². The minimum absolute atomic E-state index is 0.218. The number of rotatable bonds is 3. The molecule has 1 amide bonds. The molecule has 6 heteroatoms. The molecule has 0 aliphatic carbocycles. The first-order valence-electron chi connectivity index (χ1n) is 9.07. The Kier molecular flexibility index (Phi) is 4.87. The third-order valence-electron chi connectivity index (χ3n) is 5.29. The van der Waals surface area contributed by atoms with Crippen molar-refractivity contribution in [3.8, 4) is 0 Å².